The van der Waals surface area contributed by atoms with Crippen LogP contribution in [-0.4, -0.2) is 26.6 Å². The van der Waals surface area contributed by atoms with Crippen LogP contribution < -0.4 is 15.4 Å². The molecule has 0 fully saturated rings. The number of hydrogen-bond acceptors (Lipinski definition) is 5. The molecule has 26 heavy (non-hydrogen) atoms. The Morgan fingerprint density at radius 2 is 1.85 bits per heavy atom. The number of fused-ring (bicyclic) bond motifs is 1. The van der Waals surface area contributed by atoms with Gasteiger partial charge in [-0.25, -0.2) is 4.68 Å². The molecule has 0 bridgehead atoms. The Morgan fingerprint density at radius 3 is 2.62 bits per heavy atom. The summed E-state index contributed by atoms with van der Waals surface area (Å²) in [6, 6.07) is 15.7. The number of aromatic nitrogens is 3. The van der Waals surface area contributed by atoms with E-state index in [-0.39, 0.29) is 24.2 Å². The number of carbonyl (C=O) groups excluding carboxylic acids is 2. The van der Waals surface area contributed by atoms with Crippen LogP contribution in [-0.2, 0) is 9.59 Å². The fraction of sp³-hybridized carbons (Fsp3) is 0.111. The Morgan fingerprint density at radius 1 is 1.12 bits per heavy atom. The van der Waals surface area contributed by atoms with Crippen molar-refractivity contribution in [2.75, 3.05) is 10.6 Å². The van der Waals surface area contributed by atoms with Crippen LogP contribution in [0.3, 0.4) is 0 Å². The van der Waals surface area contributed by atoms with E-state index in [4.69, 9.17) is 4.74 Å². The van der Waals surface area contributed by atoms with Crippen molar-refractivity contribution in [2.24, 2.45) is 0 Å². The van der Waals surface area contributed by atoms with E-state index in [1.54, 1.807) is 24.3 Å². The zero-order chi connectivity index (χ0) is 17.9. The van der Waals surface area contributed by atoms with Crippen LogP contribution in [0.15, 0.2) is 60.9 Å². The third-order valence-corrected chi connectivity index (χ3v) is 3.90. The Labute approximate surface area is 148 Å². The van der Waals surface area contributed by atoms with E-state index < -0.39 is 6.04 Å². The summed E-state index contributed by atoms with van der Waals surface area (Å²) in [6.07, 6.45) is 1.31. The SMILES string of the molecule is O=C1C[C@@H](C(=O)Nc2ccc(Oc3ccccc3)cc2)n2ncnc2N1. The molecule has 1 atom stereocenters. The molecule has 8 heteroatoms. The van der Waals surface area contributed by atoms with Gasteiger partial charge in [0.15, 0.2) is 0 Å². The number of amides is 2. The number of para-hydroxylation sites is 1. The summed E-state index contributed by atoms with van der Waals surface area (Å²) >= 11 is 0. The molecule has 3 aromatic rings. The number of nitrogens with zero attached hydrogens (tertiary/aromatic N) is 3. The number of benzene rings is 2. The summed E-state index contributed by atoms with van der Waals surface area (Å²) in [5.74, 6) is 1.06. The van der Waals surface area contributed by atoms with Crippen molar-refractivity contribution in [3.8, 4) is 11.5 Å². The van der Waals surface area contributed by atoms with E-state index in [9.17, 15) is 9.59 Å². The summed E-state index contributed by atoms with van der Waals surface area (Å²) < 4.78 is 7.12. The molecule has 1 aromatic heterocycles. The summed E-state index contributed by atoms with van der Waals surface area (Å²) in [7, 11) is 0. The predicted molar refractivity (Wildman–Crippen MR) is 93.9 cm³/mol. The highest BCUT2D eigenvalue weighted by molar-refractivity contribution is 6.00. The fourth-order valence-corrected chi connectivity index (χ4v) is 2.67. The largest absolute Gasteiger partial charge is 0.457 e. The van der Waals surface area contributed by atoms with E-state index in [0.29, 0.717) is 11.4 Å². The fourth-order valence-electron chi connectivity index (χ4n) is 2.67. The predicted octanol–water partition coefficient (Wildman–Crippen LogP) is 2.59. The van der Waals surface area contributed by atoms with Gasteiger partial charge in [-0.15, -0.1) is 0 Å². The van der Waals surface area contributed by atoms with Crippen molar-refractivity contribution in [3.05, 3.63) is 60.9 Å². The van der Waals surface area contributed by atoms with Crippen molar-refractivity contribution in [1.82, 2.24) is 14.8 Å². The van der Waals surface area contributed by atoms with Gasteiger partial charge in [0.25, 0.3) is 0 Å². The first-order valence-corrected chi connectivity index (χ1v) is 8.02. The minimum absolute atomic E-state index is 0.0113. The van der Waals surface area contributed by atoms with Gasteiger partial charge in [0.05, 0.1) is 6.42 Å². The number of hydrogen-bond donors (Lipinski definition) is 2. The van der Waals surface area contributed by atoms with Crippen molar-refractivity contribution in [2.45, 2.75) is 12.5 Å². The monoisotopic (exact) mass is 349 g/mol. The van der Waals surface area contributed by atoms with Gasteiger partial charge in [-0.3, -0.25) is 14.9 Å². The molecule has 2 N–H and O–H groups in total. The number of nitrogens with one attached hydrogen (secondary N) is 2. The van der Waals surface area contributed by atoms with E-state index in [0.717, 1.165) is 5.75 Å². The molecular weight excluding hydrogens is 334 g/mol. The Hall–Kier alpha value is -3.68. The lowest BCUT2D eigenvalue weighted by Crippen LogP contribution is -2.35. The van der Waals surface area contributed by atoms with Crippen molar-refractivity contribution >= 4 is 23.5 Å². The standard InChI is InChI=1S/C18H15N5O3/c24-16-10-15(23-18(22-16)19-11-20-23)17(25)21-12-6-8-14(9-7-12)26-13-4-2-1-3-5-13/h1-9,11,15H,10H2,(H,21,25)(H,19,20,22,24)/t15-/m0/s1. The molecular formula is C18H15N5O3. The van der Waals surface area contributed by atoms with Gasteiger partial charge >= 0.3 is 0 Å². The van der Waals surface area contributed by atoms with Crippen LogP contribution in [0.25, 0.3) is 0 Å². The van der Waals surface area contributed by atoms with Gasteiger partial charge in [-0.2, -0.15) is 10.1 Å². The molecule has 2 amide bonds. The normalized spacial score (nSPS) is 15.7. The number of rotatable bonds is 4. The van der Waals surface area contributed by atoms with Gasteiger partial charge < -0.3 is 10.1 Å². The first-order chi connectivity index (χ1) is 12.7. The highest BCUT2D eigenvalue weighted by Gasteiger charge is 2.31. The van der Waals surface area contributed by atoms with Crippen molar-refractivity contribution in [1.29, 1.82) is 0 Å². The van der Waals surface area contributed by atoms with Crippen LogP contribution >= 0.6 is 0 Å². The maximum atomic E-state index is 12.5. The zero-order valence-electron chi connectivity index (χ0n) is 13.6. The lowest BCUT2D eigenvalue weighted by molar-refractivity contribution is -0.125. The van der Waals surface area contributed by atoms with Gasteiger partial charge in [-0.05, 0) is 36.4 Å². The first-order valence-electron chi connectivity index (χ1n) is 8.02. The third kappa shape index (κ3) is 3.25. The minimum Gasteiger partial charge on any atom is -0.457 e. The molecule has 0 aliphatic carbocycles. The van der Waals surface area contributed by atoms with Crippen LogP contribution in [0.4, 0.5) is 11.6 Å². The lowest BCUT2D eigenvalue weighted by Gasteiger charge is -2.22. The van der Waals surface area contributed by atoms with Crippen molar-refractivity contribution < 1.29 is 14.3 Å². The van der Waals surface area contributed by atoms with E-state index in [1.807, 2.05) is 30.3 Å². The summed E-state index contributed by atoms with van der Waals surface area (Å²) in [5.41, 5.74) is 0.600. The van der Waals surface area contributed by atoms with Crippen LogP contribution in [0.5, 0.6) is 11.5 Å². The molecule has 0 spiro atoms. The highest BCUT2D eigenvalue weighted by Crippen LogP contribution is 2.25. The van der Waals surface area contributed by atoms with Gasteiger partial charge in [0, 0.05) is 5.69 Å². The maximum Gasteiger partial charge on any atom is 0.249 e. The van der Waals surface area contributed by atoms with Crippen molar-refractivity contribution in [3.63, 3.8) is 0 Å². The van der Waals surface area contributed by atoms with E-state index >= 15 is 0 Å². The second-order valence-corrected chi connectivity index (χ2v) is 5.73. The van der Waals surface area contributed by atoms with Gasteiger partial charge in [0.2, 0.25) is 17.8 Å². The molecule has 1 aliphatic heterocycles. The topological polar surface area (TPSA) is 98.1 Å². The minimum atomic E-state index is -0.735. The molecule has 1 aliphatic rings. The second-order valence-electron chi connectivity index (χ2n) is 5.73. The van der Waals surface area contributed by atoms with Gasteiger partial charge in [-0.1, -0.05) is 18.2 Å². The molecule has 8 nitrogen and oxygen atoms in total. The number of anilines is 2. The van der Waals surface area contributed by atoms with Crippen LogP contribution in [0.1, 0.15) is 12.5 Å². The average molecular weight is 349 g/mol. The summed E-state index contributed by atoms with van der Waals surface area (Å²) in [5, 5.41) is 9.37. The molecule has 4 rings (SSSR count). The quantitative estimate of drug-likeness (QED) is 0.754. The molecule has 2 aromatic carbocycles. The average Bonchev–Trinajstić information content (AvgIpc) is 3.11. The molecule has 0 saturated carbocycles. The second kappa shape index (κ2) is 6.67. The van der Waals surface area contributed by atoms with Crippen LogP contribution in [0, 0.1) is 0 Å². The smallest absolute Gasteiger partial charge is 0.249 e. The molecule has 0 saturated heterocycles. The van der Waals surface area contributed by atoms with Crippen LogP contribution in [0.2, 0.25) is 0 Å². The molecule has 2 heterocycles. The highest BCUT2D eigenvalue weighted by atomic mass is 16.5. The van der Waals surface area contributed by atoms with E-state index in [2.05, 4.69) is 20.7 Å². The lowest BCUT2D eigenvalue weighted by atomic mass is 10.1. The third-order valence-electron chi connectivity index (χ3n) is 3.90. The first kappa shape index (κ1) is 15.8. The zero-order valence-corrected chi connectivity index (χ0v) is 13.6. The molecule has 0 radical (unpaired) electrons. The Balaban J connectivity index is 1.45. The molecule has 130 valence electrons. The number of carbonyl (C=O) groups is 2. The van der Waals surface area contributed by atoms with E-state index in [1.165, 1.54) is 11.0 Å². The number of ether oxygens (including phenoxy) is 1. The molecule has 0 unspecified atom stereocenters. The maximum absolute atomic E-state index is 12.5. The Bertz CT molecular complexity index is 937. The summed E-state index contributed by atoms with van der Waals surface area (Å²) in [4.78, 5) is 28.2. The van der Waals surface area contributed by atoms with Gasteiger partial charge in [0.1, 0.15) is 23.9 Å². The Kier molecular flexibility index (Phi) is 4.06. The summed E-state index contributed by atoms with van der Waals surface area (Å²) in [6.45, 7) is 0.